The first kappa shape index (κ1) is 21.4. The summed E-state index contributed by atoms with van der Waals surface area (Å²) in [6.45, 7) is 3.68. The molecule has 0 aromatic heterocycles. The Morgan fingerprint density at radius 2 is 1.83 bits per heavy atom. The molecule has 2 aromatic rings. The normalized spacial score (nSPS) is 21.6. The van der Waals surface area contributed by atoms with E-state index < -0.39 is 22.3 Å². The average Bonchev–Trinajstić information content (AvgIpc) is 2.98. The molecule has 1 N–H and O–H groups in total. The molecule has 29 heavy (non-hydrogen) atoms. The number of amides is 1. The van der Waals surface area contributed by atoms with Crippen LogP contribution in [0.15, 0.2) is 51.4 Å². The maximum absolute atomic E-state index is 13.0. The highest BCUT2D eigenvalue weighted by Crippen LogP contribution is 2.51. The second-order valence-electron chi connectivity index (χ2n) is 7.23. The molecule has 0 bridgehead atoms. The Hall–Kier alpha value is -2.26. The van der Waals surface area contributed by atoms with E-state index in [4.69, 9.17) is 0 Å². The third-order valence-electron chi connectivity index (χ3n) is 5.25. The highest BCUT2D eigenvalue weighted by Gasteiger charge is 2.59. The van der Waals surface area contributed by atoms with E-state index in [2.05, 4.69) is 31.9 Å². The number of carbonyl (C=O) groups excluding carboxylic acids is 1. The molecular weight excluding hydrogens is 508 g/mol. The van der Waals surface area contributed by atoms with Crippen LogP contribution in [0.2, 0.25) is 0 Å². The zero-order valence-electron chi connectivity index (χ0n) is 15.6. The van der Waals surface area contributed by atoms with E-state index in [-0.39, 0.29) is 24.1 Å². The lowest BCUT2D eigenvalue weighted by molar-refractivity contribution is -0.384. The highest BCUT2D eigenvalue weighted by molar-refractivity contribution is 9.13. The Kier molecular flexibility index (Phi) is 5.82. The molecule has 0 aliphatic carbocycles. The molecule has 0 unspecified atom stereocenters. The number of non-ortho nitro benzene ring substituents is 1. The molecule has 3 rings (SSSR count). The van der Waals surface area contributed by atoms with Gasteiger partial charge in [0.1, 0.15) is 5.41 Å². The summed E-state index contributed by atoms with van der Waals surface area (Å²) in [7, 11) is 0. The second kappa shape index (κ2) is 7.87. The van der Waals surface area contributed by atoms with Gasteiger partial charge in [0.15, 0.2) is 0 Å². The van der Waals surface area contributed by atoms with Crippen LogP contribution < -0.4 is 0 Å². The van der Waals surface area contributed by atoms with E-state index in [1.165, 1.54) is 24.3 Å². The summed E-state index contributed by atoms with van der Waals surface area (Å²) in [5.41, 5.74) is -0.678. The first-order valence-electron chi connectivity index (χ1n) is 8.84. The molecule has 1 aliphatic rings. The van der Waals surface area contributed by atoms with Gasteiger partial charge >= 0.3 is 5.97 Å². The summed E-state index contributed by atoms with van der Waals surface area (Å²) in [5, 5.41) is 21.3. The van der Waals surface area contributed by atoms with Gasteiger partial charge in [-0.05, 0) is 69.0 Å². The molecule has 1 amide bonds. The zero-order valence-corrected chi connectivity index (χ0v) is 18.8. The summed E-state index contributed by atoms with van der Waals surface area (Å²) in [6.07, 6.45) is -0.226. The maximum atomic E-state index is 13.0. The van der Waals surface area contributed by atoms with Gasteiger partial charge in [-0.2, -0.15) is 0 Å². The number of carboxylic acids is 1. The number of halogens is 2. The van der Waals surface area contributed by atoms with E-state index in [9.17, 15) is 24.8 Å². The van der Waals surface area contributed by atoms with Crippen molar-refractivity contribution in [2.75, 3.05) is 0 Å². The van der Waals surface area contributed by atoms with Gasteiger partial charge in [0.25, 0.3) is 5.69 Å². The number of nitro groups is 1. The fraction of sp³-hybridized carbons (Fsp3) is 0.300. The number of nitro benzene ring substituents is 1. The number of aliphatic carboxylic acids is 1. The number of hydrogen-bond donors (Lipinski definition) is 1. The second-order valence-corrected chi connectivity index (χ2v) is 8.94. The third-order valence-corrected chi connectivity index (χ3v) is 7.13. The minimum Gasteiger partial charge on any atom is -0.480 e. The van der Waals surface area contributed by atoms with Crippen LogP contribution in [0.4, 0.5) is 5.69 Å². The number of rotatable bonds is 5. The van der Waals surface area contributed by atoms with Crippen molar-refractivity contribution in [2.24, 2.45) is 0 Å². The lowest BCUT2D eigenvalue weighted by Gasteiger charge is -2.37. The molecular formula is C20H18Br2N2O5. The van der Waals surface area contributed by atoms with Gasteiger partial charge < -0.3 is 10.0 Å². The van der Waals surface area contributed by atoms with Gasteiger partial charge in [0.2, 0.25) is 5.91 Å². The molecule has 2 aromatic carbocycles. The van der Waals surface area contributed by atoms with Crippen LogP contribution >= 0.6 is 31.9 Å². The Morgan fingerprint density at radius 3 is 2.31 bits per heavy atom. The van der Waals surface area contributed by atoms with Crippen LogP contribution in [0.25, 0.3) is 0 Å². The lowest BCUT2D eigenvalue weighted by atomic mass is 9.71. The number of carbonyl (C=O) groups is 2. The fourth-order valence-corrected chi connectivity index (χ4v) is 4.62. The van der Waals surface area contributed by atoms with Crippen molar-refractivity contribution < 1.29 is 19.6 Å². The van der Waals surface area contributed by atoms with Crippen molar-refractivity contribution in [2.45, 2.75) is 37.8 Å². The summed E-state index contributed by atoms with van der Waals surface area (Å²) in [5.74, 6) is -1.42. The van der Waals surface area contributed by atoms with Crippen LogP contribution in [-0.2, 0) is 15.0 Å². The Bertz CT molecular complexity index is 993. The zero-order chi connectivity index (χ0) is 21.5. The standard InChI is InChI=1S/C20H18Br2N2O5/c1-11(2)23-17(25)10-20(19(26)27,13-4-6-14(7-5-13)24(28)29)18(23)12-3-8-15(21)16(22)9-12/h3-9,11,18H,10H2,1-2H3,(H,26,27)/t18-,20-/m1/s1. The molecule has 7 nitrogen and oxygen atoms in total. The minimum absolute atomic E-state index is 0.137. The Labute approximate surface area is 184 Å². The summed E-state index contributed by atoms with van der Waals surface area (Å²) < 4.78 is 1.54. The molecule has 9 heteroatoms. The van der Waals surface area contributed by atoms with Crippen molar-refractivity contribution in [3.8, 4) is 0 Å². The molecule has 1 fully saturated rings. The number of benzene rings is 2. The molecule has 0 radical (unpaired) electrons. The van der Waals surface area contributed by atoms with Gasteiger partial charge in [-0.25, -0.2) is 0 Å². The summed E-state index contributed by atoms with van der Waals surface area (Å²) >= 11 is 6.86. The first-order valence-corrected chi connectivity index (χ1v) is 10.4. The predicted octanol–water partition coefficient (Wildman–Crippen LogP) is 4.82. The lowest BCUT2D eigenvalue weighted by Crippen LogP contribution is -2.44. The fourth-order valence-electron chi connectivity index (χ4n) is 3.98. The smallest absolute Gasteiger partial charge is 0.317 e. The van der Waals surface area contributed by atoms with Crippen LogP contribution in [0.3, 0.4) is 0 Å². The quantitative estimate of drug-likeness (QED) is 0.445. The van der Waals surface area contributed by atoms with E-state index in [1.54, 1.807) is 23.1 Å². The molecule has 2 atom stereocenters. The molecule has 1 heterocycles. The number of nitrogens with zero attached hydrogens (tertiary/aromatic N) is 2. The van der Waals surface area contributed by atoms with Crippen molar-refractivity contribution in [1.82, 2.24) is 4.90 Å². The van der Waals surface area contributed by atoms with Crippen molar-refractivity contribution in [1.29, 1.82) is 0 Å². The van der Waals surface area contributed by atoms with E-state index >= 15 is 0 Å². The van der Waals surface area contributed by atoms with Gasteiger partial charge in [-0.15, -0.1) is 0 Å². The van der Waals surface area contributed by atoms with Gasteiger partial charge in [-0.1, -0.05) is 18.2 Å². The van der Waals surface area contributed by atoms with Gasteiger partial charge in [-0.3, -0.25) is 19.7 Å². The van der Waals surface area contributed by atoms with Gasteiger partial charge in [0, 0.05) is 33.5 Å². The van der Waals surface area contributed by atoms with Gasteiger partial charge in [0.05, 0.1) is 11.0 Å². The third kappa shape index (κ3) is 3.57. The van der Waals surface area contributed by atoms with Crippen LogP contribution in [0, 0.1) is 10.1 Å². The highest BCUT2D eigenvalue weighted by atomic mass is 79.9. The molecule has 1 aliphatic heterocycles. The minimum atomic E-state index is -1.57. The average molecular weight is 526 g/mol. The van der Waals surface area contributed by atoms with Crippen molar-refractivity contribution in [3.05, 3.63) is 72.7 Å². The number of hydrogen-bond acceptors (Lipinski definition) is 4. The SMILES string of the molecule is CC(C)N1C(=O)C[C@@](C(=O)O)(c2ccc([N+](=O)[O-])cc2)[C@H]1c1ccc(Br)c(Br)c1. The van der Waals surface area contributed by atoms with E-state index in [1.807, 2.05) is 13.8 Å². The number of carboxylic acid groups (broad SMARTS) is 1. The van der Waals surface area contributed by atoms with Crippen molar-refractivity contribution >= 4 is 49.4 Å². The van der Waals surface area contributed by atoms with Crippen LogP contribution in [-0.4, -0.2) is 32.8 Å². The maximum Gasteiger partial charge on any atom is 0.317 e. The molecule has 0 saturated carbocycles. The first-order chi connectivity index (χ1) is 13.6. The van der Waals surface area contributed by atoms with Crippen LogP contribution in [0.1, 0.15) is 37.4 Å². The topological polar surface area (TPSA) is 101 Å². The Balaban J connectivity index is 2.26. The summed E-state index contributed by atoms with van der Waals surface area (Å²) in [6, 6.07) is 9.81. The summed E-state index contributed by atoms with van der Waals surface area (Å²) in [4.78, 5) is 37.7. The number of likely N-dealkylation sites (tertiary alicyclic amines) is 1. The molecule has 152 valence electrons. The monoisotopic (exact) mass is 524 g/mol. The van der Waals surface area contributed by atoms with Crippen LogP contribution in [0.5, 0.6) is 0 Å². The largest absolute Gasteiger partial charge is 0.480 e. The van der Waals surface area contributed by atoms with E-state index in [0.29, 0.717) is 11.1 Å². The predicted molar refractivity (Wildman–Crippen MR) is 114 cm³/mol. The van der Waals surface area contributed by atoms with Crippen molar-refractivity contribution in [3.63, 3.8) is 0 Å². The Morgan fingerprint density at radius 1 is 1.21 bits per heavy atom. The molecule has 1 saturated heterocycles. The van der Waals surface area contributed by atoms with E-state index in [0.717, 1.165) is 8.95 Å². The molecule has 0 spiro atoms.